The Balaban J connectivity index is 1.77. The second-order valence-electron chi connectivity index (χ2n) is 7.77. The van der Waals surface area contributed by atoms with Crippen LogP contribution in [0.3, 0.4) is 0 Å². The highest BCUT2D eigenvalue weighted by Crippen LogP contribution is 2.27. The first-order valence-electron chi connectivity index (χ1n) is 10.3. The Labute approximate surface area is 179 Å². The lowest BCUT2D eigenvalue weighted by Crippen LogP contribution is -2.48. The third-order valence-electron chi connectivity index (χ3n) is 5.47. The maximum atomic E-state index is 12.9. The van der Waals surface area contributed by atoms with Gasteiger partial charge in [-0.25, -0.2) is 8.42 Å². The maximum Gasteiger partial charge on any atom is 0.244 e. The minimum absolute atomic E-state index is 0.215. The van der Waals surface area contributed by atoms with Crippen LogP contribution in [0.5, 0.6) is 5.75 Å². The number of hydrogen-bond acceptors (Lipinski definition) is 4. The summed E-state index contributed by atoms with van der Waals surface area (Å²) >= 11 is 0. The predicted octanol–water partition coefficient (Wildman–Crippen LogP) is 3.61. The van der Waals surface area contributed by atoms with Crippen molar-refractivity contribution in [3.05, 3.63) is 59.2 Å². The SMILES string of the molecule is CCOc1ccc(N([C@H](C)C(=O)N[C@@H](C)c2ccc3c(c2)CCC3)S(C)(=O)=O)cc1. The average Bonchev–Trinajstić information content (AvgIpc) is 3.16. The molecule has 2 aromatic rings. The Morgan fingerprint density at radius 3 is 2.40 bits per heavy atom. The molecular weight excluding hydrogens is 400 g/mol. The van der Waals surface area contributed by atoms with Crippen LogP contribution in [0.15, 0.2) is 42.5 Å². The zero-order chi connectivity index (χ0) is 21.9. The van der Waals surface area contributed by atoms with Crippen LogP contribution >= 0.6 is 0 Å². The first-order valence-corrected chi connectivity index (χ1v) is 12.2. The normalized spacial score (nSPS) is 15.2. The summed E-state index contributed by atoms with van der Waals surface area (Å²) in [4.78, 5) is 12.9. The third kappa shape index (κ3) is 4.95. The lowest BCUT2D eigenvalue weighted by molar-refractivity contribution is -0.122. The van der Waals surface area contributed by atoms with E-state index in [0.29, 0.717) is 18.0 Å². The number of sulfonamides is 1. The van der Waals surface area contributed by atoms with Crippen molar-refractivity contribution in [2.75, 3.05) is 17.2 Å². The Morgan fingerprint density at radius 1 is 1.10 bits per heavy atom. The summed E-state index contributed by atoms with van der Waals surface area (Å²) in [6.07, 6.45) is 4.46. The standard InChI is InChI=1S/C23H30N2O4S/c1-5-29-22-13-11-21(12-14-22)25(30(4,27)28)17(3)23(26)24-16(2)19-10-9-18-7-6-8-20(18)15-19/h9-17H,5-8H2,1-4H3,(H,24,26)/t16-,17+/m0/s1. The van der Waals surface area contributed by atoms with Gasteiger partial charge in [0.05, 0.1) is 24.6 Å². The van der Waals surface area contributed by atoms with Crippen LogP contribution < -0.4 is 14.4 Å². The Kier molecular flexibility index (Phi) is 6.71. The fourth-order valence-electron chi connectivity index (χ4n) is 3.94. The molecule has 1 N–H and O–H groups in total. The number of anilines is 1. The van der Waals surface area contributed by atoms with Crippen LogP contribution in [-0.2, 0) is 27.7 Å². The van der Waals surface area contributed by atoms with Crippen molar-refractivity contribution in [1.29, 1.82) is 0 Å². The number of amides is 1. The fraction of sp³-hybridized carbons (Fsp3) is 0.435. The molecule has 1 amide bonds. The number of carbonyl (C=O) groups excluding carboxylic acids is 1. The highest BCUT2D eigenvalue weighted by Gasteiger charge is 2.30. The summed E-state index contributed by atoms with van der Waals surface area (Å²) in [5, 5.41) is 2.97. The van der Waals surface area contributed by atoms with Crippen molar-refractivity contribution < 1.29 is 17.9 Å². The number of carbonyl (C=O) groups is 1. The molecule has 2 aromatic carbocycles. The number of fused-ring (bicyclic) bond motifs is 1. The molecule has 0 heterocycles. The number of aryl methyl sites for hydroxylation is 2. The zero-order valence-corrected chi connectivity index (χ0v) is 18.8. The summed E-state index contributed by atoms with van der Waals surface area (Å²) in [6.45, 7) is 5.92. The molecule has 0 spiro atoms. The molecule has 0 fully saturated rings. The van der Waals surface area contributed by atoms with Crippen molar-refractivity contribution in [3.63, 3.8) is 0 Å². The van der Waals surface area contributed by atoms with E-state index in [0.717, 1.165) is 29.0 Å². The number of rotatable bonds is 8. The van der Waals surface area contributed by atoms with Gasteiger partial charge in [0.25, 0.3) is 0 Å². The van der Waals surface area contributed by atoms with E-state index in [9.17, 15) is 13.2 Å². The molecule has 0 saturated heterocycles. The van der Waals surface area contributed by atoms with E-state index in [1.54, 1.807) is 31.2 Å². The number of ether oxygens (including phenoxy) is 1. The molecule has 0 saturated carbocycles. The molecule has 162 valence electrons. The van der Waals surface area contributed by atoms with Crippen molar-refractivity contribution in [1.82, 2.24) is 5.32 Å². The minimum atomic E-state index is -3.66. The molecule has 0 radical (unpaired) electrons. The monoisotopic (exact) mass is 430 g/mol. The zero-order valence-electron chi connectivity index (χ0n) is 18.0. The van der Waals surface area contributed by atoms with Gasteiger partial charge in [-0.3, -0.25) is 9.10 Å². The van der Waals surface area contributed by atoms with Gasteiger partial charge in [0.15, 0.2) is 0 Å². The lowest BCUT2D eigenvalue weighted by atomic mass is 10.0. The van der Waals surface area contributed by atoms with Crippen LogP contribution in [0.25, 0.3) is 0 Å². The smallest absolute Gasteiger partial charge is 0.244 e. The van der Waals surface area contributed by atoms with Crippen molar-refractivity contribution >= 4 is 21.6 Å². The van der Waals surface area contributed by atoms with E-state index >= 15 is 0 Å². The van der Waals surface area contributed by atoms with Crippen molar-refractivity contribution in [2.45, 2.75) is 52.1 Å². The molecule has 2 atom stereocenters. The number of nitrogens with one attached hydrogen (secondary N) is 1. The van der Waals surface area contributed by atoms with Crippen molar-refractivity contribution in [2.24, 2.45) is 0 Å². The summed E-state index contributed by atoms with van der Waals surface area (Å²) in [6, 6.07) is 11.9. The molecule has 1 aliphatic carbocycles. The summed E-state index contributed by atoms with van der Waals surface area (Å²) in [7, 11) is -3.66. The molecule has 0 unspecified atom stereocenters. The molecular formula is C23H30N2O4S. The largest absolute Gasteiger partial charge is 0.494 e. The van der Waals surface area contributed by atoms with Gasteiger partial charge in [-0.2, -0.15) is 0 Å². The van der Waals surface area contributed by atoms with Crippen LogP contribution in [-0.4, -0.2) is 33.2 Å². The van der Waals surface area contributed by atoms with E-state index in [-0.39, 0.29) is 11.9 Å². The van der Waals surface area contributed by atoms with Gasteiger partial charge in [-0.05, 0) is 81.0 Å². The van der Waals surface area contributed by atoms with Crippen LogP contribution in [0.2, 0.25) is 0 Å². The quantitative estimate of drug-likeness (QED) is 0.694. The van der Waals surface area contributed by atoms with E-state index in [1.807, 2.05) is 19.9 Å². The second kappa shape index (κ2) is 9.08. The number of nitrogens with zero attached hydrogens (tertiary/aromatic N) is 1. The van der Waals surface area contributed by atoms with Gasteiger partial charge in [-0.15, -0.1) is 0 Å². The first kappa shape index (κ1) is 22.2. The number of benzene rings is 2. The molecule has 6 nitrogen and oxygen atoms in total. The van der Waals surface area contributed by atoms with Crippen LogP contribution in [0, 0.1) is 0 Å². The molecule has 7 heteroatoms. The van der Waals surface area contributed by atoms with Crippen LogP contribution in [0.4, 0.5) is 5.69 Å². The lowest BCUT2D eigenvalue weighted by Gasteiger charge is -2.29. The minimum Gasteiger partial charge on any atom is -0.494 e. The van der Waals surface area contributed by atoms with Gasteiger partial charge in [-0.1, -0.05) is 18.2 Å². The highest BCUT2D eigenvalue weighted by atomic mass is 32.2. The molecule has 0 bridgehead atoms. The molecule has 0 aliphatic heterocycles. The van der Waals surface area contributed by atoms with E-state index in [4.69, 9.17) is 4.74 Å². The maximum absolute atomic E-state index is 12.9. The van der Waals surface area contributed by atoms with Gasteiger partial charge in [0.1, 0.15) is 11.8 Å². The third-order valence-corrected chi connectivity index (χ3v) is 6.71. The molecule has 1 aliphatic rings. The van der Waals surface area contributed by atoms with E-state index in [1.165, 1.54) is 17.5 Å². The molecule has 30 heavy (non-hydrogen) atoms. The molecule has 3 rings (SSSR count). The average molecular weight is 431 g/mol. The number of hydrogen-bond donors (Lipinski definition) is 1. The van der Waals surface area contributed by atoms with Crippen molar-refractivity contribution in [3.8, 4) is 5.75 Å². The van der Waals surface area contributed by atoms with Gasteiger partial charge in [0, 0.05) is 0 Å². The van der Waals surface area contributed by atoms with Gasteiger partial charge >= 0.3 is 0 Å². The topological polar surface area (TPSA) is 75.7 Å². The van der Waals surface area contributed by atoms with E-state index in [2.05, 4.69) is 17.4 Å². The van der Waals surface area contributed by atoms with Crippen LogP contribution in [0.1, 0.15) is 49.9 Å². The summed E-state index contributed by atoms with van der Waals surface area (Å²) < 4.78 is 31.5. The second-order valence-corrected chi connectivity index (χ2v) is 9.63. The van der Waals surface area contributed by atoms with Gasteiger partial charge in [0.2, 0.25) is 15.9 Å². The Bertz CT molecular complexity index is 1000. The highest BCUT2D eigenvalue weighted by molar-refractivity contribution is 7.92. The Morgan fingerprint density at radius 2 is 1.77 bits per heavy atom. The molecule has 0 aromatic heterocycles. The fourth-order valence-corrected chi connectivity index (χ4v) is 5.12. The van der Waals surface area contributed by atoms with Gasteiger partial charge < -0.3 is 10.1 Å². The van der Waals surface area contributed by atoms with E-state index < -0.39 is 16.1 Å². The summed E-state index contributed by atoms with van der Waals surface area (Å²) in [5.74, 6) is 0.305. The first-order chi connectivity index (χ1) is 14.2. The Hall–Kier alpha value is -2.54. The summed E-state index contributed by atoms with van der Waals surface area (Å²) in [5.41, 5.74) is 4.18. The predicted molar refractivity (Wildman–Crippen MR) is 119 cm³/mol.